The van der Waals surface area contributed by atoms with E-state index in [1.165, 1.54) is 17.0 Å². The van der Waals surface area contributed by atoms with Crippen LogP contribution in [0.1, 0.15) is 47.2 Å². The van der Waals surface area contributed by atoms with Crippen LogP contribution in [-0.4, -0.2) is 30.9 Å². The van der Waals surface area contributed by atoms with Gasteiger partial charge in [0.15, 0.2) is 0 Å². The second kappa shape index (κ2) is 7.51. The molecule has 142 valence electrons. The van der Waals surface area contributed by atoms with Gasteiger partial charge in [0, 0.05) is 19.7 Å². The lowest BCUT2D eigenvalue weighted by molar-refractivity contribution is -0.140. The van der Waals surface area contributed by atoms with Crippen molar-refractivity contribution in [3.8, 4) is 5.75 Å². The molecule has 0 bridgehead atoms. The summed E-state index contributed by atoms with van der Waals surface area (Å²) in [6.07, 6.45) is 3.04. The van der Waals surface area contributed by atoms with Crippen molar-refractivity contribution in [2.24, 2.45) is 0 Å². The Morgan fingerprint density at radius 1 is 1.07 bits per heavy atom. The molecular weight excluding hydrogens is 345 g/mol. The topological polar surface area (TPSA) is 46.6 Å². The van der Waals surface area contributed by atoms with Crippen LogP contribution < -0.4 is 4.74 Å². The molecule has 27 heavy (non-hydrogen) atoms. The third-order valence-corrected chi connectivity index (χ3v) is 5.27. The normalized spacial score (nSPS) is 15.4. The van der Waals surface area contributed by atoms with Crippen LogP contribution in [-0.2, 0) is 10.2 Å². The number of amides is 1. The Kier molecular flexibility index (Phi) is 5.31. The van der Waals surface area contributed by atoms with E-state index < -0.39 is 5.41 Å². The highest BCUT2D eigenvalue weighted by Gasteiger charge is 2.44. The molecule has 5 heteroatoms. The van der Waals surface area contributed by atoms with Gasteiger partial charge in [0.05, 0.1) is 5.41 Å². The zero-order chi connectivity index (χ0) is 19.6. The number of benzene rings is 2. The molecule has 0 saturated heterocycles. The fourth-order valence-electron chi connectivity index (χ4n) is 3.67. The summed E-state index contributed by atoms with van der Waals surface area (Å²) in [6, 6.07) is 11.3. The van der Waals surface area contributed by atoms with Gasteiger partial charge in [-0.25, -0.2) is 4.39 Å². The first-order valence-electron chi connectivity index (χ1n) is 9.14. The van der Waals surface area contributed by atoms with Gasteiger partial charge >= 0.3 is 5.97 Å². The van der Waals surface area contributed by atoms with E-state index in [0.29, 0.717) is 29.7 Å². The number of halogens is 1. The fraction of sp³-hybridized carbons (Fsp3) is 0.364. The average molecular weight is 369 g/mol. The zero-order valence-electron chi connectivity index (χ0n) is 15.9. The van der Waals surface area contributed by atoms with E-state index in [4.69, 9.17) is 4.74 Å². The van der Waals surface area contributed by atoms with E-state index >= 15 is 0 Å². The highest BCUT2D eigenvalue weighted by Crippen LogP contribution is 2.42. The molecule has 0 spiro atoms. The van der Waals surface area contributed by atoms with Gasteiger partial charge in [-0.3, -0.25) is 9.59 Å². The van der Waals surface area contributed by atoms with Gasteiger partial charge in [-0.1, -0.05) is 31.0 Å². The van der Waals surface area contributed by atoms with Crippen molar-refractivity contribution in [1.82, 2.24) is 4.90 Å². The third-order valence-electron chi connectivity index (χ3n) is 5.27. The second-order valence-corrected chi connectivity index (χ2v) is 7.37. The first kappa shape index (κ1) is 19.1. The lowest BCUT2D eigenvalue weighted by Crippen LogP contribution is -2.37. The maximum atomic E-state index is 13.8. The molecular formula is C22H24FNO3. The van der Waals surface area contributed by atoms with E-state index in [0.717, 1.165) is 18.4 Å². The molecule has 0 atom stereocenters. The first-order valence-corrected chi connectivity index (χ1v) is 9.14. The summed E-state index contributed by atoms with van der Waals surface area (Å²) in [5.74, 6) is -0.534. The van der Waals surface area contributed by atoms with Crippen molar-refractivity contribution < 1.29 is 18.7 Å². The van der Waals surface area contributed by atoms with Crippen LogP contribution in [0, 0.1) is 12.7 Å². The van der Waals surface area contributed by atoms with Crippen LogP contribution in [0.2, 0.25) is 0 Å². The summed E-state index contributed by atoms with van der Waals surface area (Å²) >= 11 is 0. The Morgan fingerprint density at radius 2 is 1.78 bits per heavy atom. The van der Waals surface area contributed by atoms with Gasteiger partial charge in [-0.05, 0) is 55.2 Å². The summed E-state index contributed by atoms with van der Waals surface area (Å²) < 4.78 is 19.5. The van der Waals surface area contributed by atoms with Crippen molar-refractivity contribution in [3.05, 3.63) is 65.0 Å². The van der Waals surface area contributed by atoms with Gasteiger partial charge in [0.25, 0.3) is 5.91 Å². The first-order chi connectivity index (χ1) is 12.8. The quantitative estimate of drug-likeness (QED) is 0.598. The van der Waals surface area contributed by atoms with Crippen LogP contribution in [0.5, 0.6) is 5.75 Å². The van der Waals surface area contributed by atoms with E-state index in [-0.39, 0.29) is 17.7 Å². The smallest absolute Gasteiger partial charge is 0.321 e. The summed E-state index contributed by atoms with van der Waals surface area (Å²) in [5.41, 5.74) is 1.05. The summed E-state index contributed by atoms with van der Waals surface area (Å²) in [5, 5.41) is 0. The largest absolute Gasteiger partial charge is 0.426 e. The molecule has 1 aliphatic carbocycles. The average Bonchev–Trinajstić information content (AvgIpc) is 3.14. The van der Waals surface area contributed by atoms with E-state index in [9.17, 15) is 14.0 Å². The minimum absolute atomic E-state index is 0.159. The van der Waals surface area contributed by atoms with Crippen LogP contribution >= 0.6 is 0 Å². The minimum Gasteiger partial charge on any atom is -0.426 e. The SMILES string of the molecule is Cc1ccc(C(=O)N(C)C)cc1OC(=O)C1(c2cccc(F)c2)CCCC1. The number of nitrogens with zero attached hydrogens (tertiary/aromatic N) is 1. The van der Waals surface area contributed by atoms with Crippen molar-refractivity contribution in [2.45, 2.75) is 38.0 Å². The standard InChI is InChI=1S/C22H24FNO3/c1-15-9-10-16(20(25)24(2)3)13-19(15)27-21(26)22(11-4-5-12-22)17-7-6-8-18(23)14-17/h6-10,13-14H,4-5,11-12H2,1-3H3. The molecule has 0 aliphatic heterocycles. The maximum Gasteiger partial charge on any atom is 0.321 e. The Hall–Kier alpha value is -2.69. The predicted octanol–water partition coefficient (Wildman–Crippen LogP) is 4.25. The second-order valence-electron chi connectivity index (χ2n) is 7.37. The number of hydrogen-bond acceptors (Lipinski definition) is 3. The van der Waals surface area contributed by atoms with E-state index in [2.05, 4.69) is 0 Å². The molecule has 1 fully saturated rings. The molecule has 1 amide bonds. The Labute approximate surface area is 158 Å². The fourth-order valence-corrected chi connectivity index (χ4v) is 3.67. The summed E-state index contributed by atoms with van der Waals surface area (Å²) in [7, 11) is 3.34. The van der Waals surface area contributed by atoms with Gasteiger partial charge in [-0.2, -0.15) is 0 Å². The zero-order valence-corrected chi connectivity index (χ0v) is 15.9. The number of ether oxygens (including phenoxy) is 1. The number of rotatable bonds is 4. The molecule has 1 saturated carbocycles. The monoisotopic (exact) mass is 369 g/mol. The number of hydrogen-bond donors (Lipinski definition) is 0. The predicted molar refractivity (Wildman–Crippen MR) is 101 cm³/mol. The molecule has 0 N–H and O–H groups in total. The van der Waals surface area contributed by atoms with Crippen molar-refractivity contribution >= 4 is 11.9 Å². The number of aryl methyl sites for hydroxylation is 1. The lowest BCUT2D eigenvalue weighted by Gasteiger charge is -2.27. The van der Waals surface area contributed by atoms with Crippen molar-refractivity contribution in [2.75, 3.05) is 14.1 Å². The summed E-state index contributed by atoms with van der Waals surface area (Å²) in [4.78, 5) is 26.9. The molecule has 0 unspecified atom stereocenters. The Balaban J connectivity index is 1.93. The molecule has 1 aliphatic rings. The summed E-state index contributed by atoms with van der Waals surface area (Å²) in [6.45, 7) is 1.83. The van der Waals surface area contributed by atoms with E-state index in [1.54, 1.807) is 44.4 Å². The molecule has 2 aromatic carbocycles. The number of carbonyl (C=O) groups is 2. The van der Waals surface area contributed by atoms with Gasteiger partial charge < -0.3 is 9.64 Å². The molecule has 2 aromatic rings. The minimum atomic E-state index is -0.837. The van der Waals surface area contributed by atoms with Gasteiger partial charge in [-0.15, -0.1) is 0 Å². The van der Waals surface area contributed by atoms with Gasteiger partial charge in [0.2, 0.25) is 0 Å². The van der Waals surface area contributed by atoms with Crippen LogP contribution in [0.3, 0.4) is 0 Å². The number of carbonyl (C=O) groups excluding carboxylic acids is 2. The molecule has 4 nitrogen and oxygen atoms in total. The highest BCUT2D eigenvalue weighted by molar-refractivity contribution is 5.94. The molecule has 0 aromatic heterocycles. The molecule has 0 heterocycles. The maximum absolute atomic E-state index is 13.8. The van der Waals surface area contributed by atoms with Gasteiger partial charge in [0.1, 0.15) is 11.6 Å². The molecule has 0 radical (unpaired) electrons. The number of esters is 1. The van der Waals surface area contributed by atoms with Crippen LogP contribution in [0.15, 0.2) is 42.5 Å². The van der Waals surface area contributed by atoms with Crippen LogP contribution in [0.25, 0.3) is 0 Å². The van der Waals surface area contributed by atoms with Crippen molar-refractivity contribution in [3.63, 3.8) is 0 Å². The third kappa shape index (κ3) is 3.72. The molecule has 3 rings (SSSR count). The highest BCUT2D eigenvalue weighted by atomic mass is 19.1. The Morgan fingerprint density at radius 3 is 2.41 bits per heavy atom. The van der Waals surface area contributed by atoms with E-state index in [1.807, 2.05) is 6.92 Å². The Bertz CT molecular complexity index is 870. The lowest BCUT2D eigenvalue weighted by atomic mass is 9.79. The van der Waals surface area contributed by atoms with Crippen molar-refractivity contribution in [1.29, 1.82) is 0 Å². The van der Waals surface area contributed by atoms with Crippen LogP contribution in [0.4, 0.5) is 4.39 Å².